The van der Waals surface area contributed by atoms with E-state index in [1.807, 2.05) is 17.5 Å². The highest BCUT2D eigenvalue weighted by molar-refractivity contribution is 7.98. The molecule has 5 heteroatoms. The normalized spacial score (nSPS) is 14.1. The van der Waals surface area contributed by atoms with Crippen molar-refractivity contribution in [3.8, 4) is 10.7 Å². The van der Waals surface area contributed by atoms with Crippen molar-refractivity contribution in [3.05, 3.63) is 39.1 Å². The van der Waals surface area contributed by atoms with Gasteiger partial charge >= 0.3 is 0 Å². The van der Waals surface area contributed by atoms with Crippen molar-refractivity contribution < 1.29 is 0 Å². The average Bonchev–Trinajstić information content (AvgIpc) is 2.88. The molecule has 0 amide bonds. The minimum absolute atomic E-state index is 0.0217. The number of thioether (sulfide) groups is 1. The maximum absolute atomic E-state index is 11.7. The Hall–Kier alpha value is -1.07. The van der Waals surface area contributed by atoms with Gasteiger partial charge in [-0.05, 0) is 11.4 Å². The Kier molecular flexibility index (Phi) is 2.14. The molecule has 1 aliphatic heterocycles. The number of rotatable bonds is 1. The van der Waals surface area contributed by atoms with Crippen LogP contribution in [-0.2, 0) is 11.5 Å². The van der Waals surface area contributed by atoms with E-state index in [0.29, 0.717) is 5.82 Å². The van der Waals surface area contributed by atoms with Crippen LogP contribution >= 0.6 is 23.1 Å². The summed E-state index contributed by atoms with van der Waals surface area (Å²) in [6, 6.07) is 3.93. The number of hydrogen-bond donors (Lipinski definition) is 1. The molecule has 3 heterocycles. The Bertz CT molecular complexity index is 545. The molecule has 0 saturated carbocycles. The number of thiophene rings is 1. The van der Waals surface area contributed by atoms with Crippen LogP contribution in [0, 0.1) is 0 Å². The predicted molar refractivity (Wildman–Crippen MR) is 63.2 cm³/mol. The molecule has 0 saturated heterocycles. The Morgan fingerprint density at radius 1 is 1.40 bits per heavy atom. The molecule has 0 fully saturated rings. The molecule has 15 heavy (non-hydrogen) atoms. The number of nitrogens with one attached hydrogen (secondary N) is 1. The quantitative estimate of drug-likeness (QED) is 0.826. The summed E-state index contributed by atoms with van der Waals surface area (Å²) in [4.78, 5) is 20.1. The molecule has 0 aromatic carbocycles. The van der Waals surface area contributed by atoms with Crippen LogP contribution in [-0.4, -0.2) is 9.97 Å². The van der Waals surface area contributed by atoms with E-state index in [1.54, 1.807) is 23.1 Å². The fourth-order valence-corrected chi connectivity index (χ4v) is 3.30. The number of nitrogens with zero attached hydrogens (tertiary/aromatic N) is 1. The van der Waals surface area contributed by atoms with Gasteiger partial charge in [-0.25, -0.2) is 4.98 Å². The summed E-state index contributed by atoms with van der Waals surface area (Å²) < 4.78 is 0. The summed E-state index contributed by atoms with van der Waals surface area (Å²) in [5.41, 5.74) is 1.82. The molecule has 0 radical (unpaired) electrons. The maximum atomic E-state index is 11.7. The molecular weight excluding hydrogens is 228 g/mol. The zero-order chi connectivity index (χ0) is 10.3. The first-order chi connectivity index (χ1) is 7.34. The van der Waals surface area contributed by atoms with E-state index < -0.39 is 0 Å². The molecule has 0 bridgehead atoms. The van der Waals surface area contributed by atoms with Crippen LogP contribution in [0.2, 0.25) is 0 Å². The van der Waals surface area contributed by atoms with E-state index in [2.05, 4.69) is 9.97 Å². The van der Waals surface area contributed by atoms with Crippen molar-refractivity contribution in [2.45, 2.75) is 11.5 Å². The van der Waals surface area contributed by atoms with Gasteiger partial charge in [0.15, 0.2) is 5.82 Å². The van der Waals surface area contributed by atoms with Gasteiger partial charge in [0.05, 0.1) is 10.6 Å². The van der Waals surface area contributed by atoms with E-state index in [1.165, 1.54) is 0 Å². The van der Waals surface area contributed by atoms with Crippen LogP contribution in [0.5, 0.6) is 0 Å². The van der Waals surface area contributed by atoms with Crippen molar-refractivity contribution in [1.29, 1.82) is 0 Å². The van der Waals surface area contributed by atoms with Crippen molar-refractivity contribution in [3.63, 3.8) is 0 Å². The smallest absolute Gasteiger partial charge is 0.255 e. The number of fused-ring (bicyclic) bond motifs is 1. The number of H-pyrrole nitrogens is 1. The number of aromatic amines is 1. The molecule has 0 spiro atoms. The molecule has 1 aliphatic rings. The minimum Gasteiger partial charge on any atom is -0.306 e. The summed E-state index contributed by atoms with van der Waals surface area (Å²) in [6.45, 7) is 0. The summed E-state index contributed by atoms with van der Waals surface area (Å²) in [5, 5.41) is 1.98. The second kappa shape index (κ2) is 3.50. The van der Waals surface area contributed by atoms with Gasteiger partial charge in [0, 0.05) is 17.1 Å². The molecular formula is C10H8N2OS2. The lowest BCUT2D eigenvalue weighted by Crippen LogP contribution is -2.14. The second-order valence-electron chi connectivity index (χ2n) is 3.31. The van der Waals surface area contributed by atoms with Crippen molar-refractivity contribution in [1.82, 2.24) is 9.97 Å². The third kappa shape index (κ3) is 1.52. The van der Waals surface area contributed by atoms with E-state index in [4.69, 9.17) is 0 Å². The standard InChI is InChI=1S/C10H8N2OS2/c13-10-6-4-14-5-7(6)11-9(12-10)8-2-1-3-15-8/h1-3H,4-5H2,(H,11,12,13). The molecule has 76 valence electrons. The first kappa shape index (κ1) is 9.18. The van der Waals surface area contributed by atoms with Gasteiger partial charge in [-0.1, -0.05) is 6.07 Å². The maximum Gasteiger partial charge on any atom is 0.255 e. The van der Waals surface area contributed by atoms with Crippen molar-refractivity contribution >= 4 is 23.1 Å². The first-order valence-corrected chi connectivity index (χ1v) is 6.62. The monoisotopic (exact) mass is 236 g/mol. The molecule has 0 aliphatic carbocycles. The Balaban J connectivity index is 2.20. The lowest BCUT2D eigenvalue weighted by Gasteiger charge is -2.00. The highest BCUT2D eigenvalue weighted by Gasteiger charge is 2.18. The summed E-state index contributed by atoms with van der Waals surface area (Å²) in [6.07, 6.45) is 0. The summed E-state index contributed by atoms with van der Waals surface area (Å²) >= 11 is 3.33. The highest BCUT2D eigenvalue weighted by atomic mass is 32.2. The third-order valence-electron chi connectivity index (χ3n) is 2.34. The van der Waals surface area contributed by atoms with E-state index in [-0.39, 0.29) is 5.56 Å². The number of hydrogen-bond acceptors (Lipinski definition) is 4. The van der Waals surface area contributed by atoms with Crippen LogP contribution in [0.25, 0.3) is 10.7 Å². The van der Waals surface area contributed by atoms with Crippen molar-refractivity contribution in [2.75, 3.05) is 0 Å². The molecule has 0 unspecified atom stereocenters. The van der Waals surface area contributed by atoms with Gasteiger partial charge < -0.3 is 4.98 Å². The van der Waals surface area contributed by atoms with Crippen LogP contribution in [0.1, 0.15) is 11.3 Å². The van der Waals surface area contributed by atoms with Gasteiger partial charge in [0.25, 0.3) is 5.56 Å². The zero-order valence-corrected chi connectivity index (χ0v) is 9.45. The zero-order valence-electron chi connectivity index (χ0n) is 7.82. The van der Waals surface area contributed by atoms with Crippen LogP contribution in [0.15, 0.2) is 22.3 Å². The fraction of sp³-hybridized carbons (Fsp3) is 0.200. The van der Waals surface area contributed by atoms with Gasteiger partial charge in [-0.3, -0.25) is 4.79 Å². The van der Waals surface area contributed by atoms with Gasteiger partial charge in [0.2, 0.25) is 0 Å². The van der Waals surface area contributed by atoms with E-state index in [0.717, 1.165) is 27.6 Å². The summed E-state index contributed by atoms with van der Waals surface area (Å²) in [5.74, 6) is 2.36. The lowest BCUT2D eigenvalue weighted by atomic mass is 10.2. The largest absolute Gasteiger partial charge is 0.306 e. The fourth-order valence-electron chi connectivity index (χ4n) is 1.59. The van der Waals surface area contributed by atoms with Gasteiger partial charge in [-0.15, -0.1) is 11.3 Å². The van der Waals surface area contributed by atoms with Crippen LogP contribution in [0.3, 0.4) is 0 Å². The Labute approximate surface area is 94.6 Å². The average molecular weight is 236 g/mol. The lowest BCUT2D eigenvalue weighted by molar-refractivity contribution is 1.04. The molecule has 2 aromatic rings. The minimum atomic E-state index is 0.0217. The van der Waals surface area contributed by atoms with Gasteiger partial charge in [-0.2, -0.15) is 11.8 Å². The molecule has 1 N–H and O–H groups in total. The second-order valence-corrected chi connectivity index (χ2v) is 5.24. The molecule has 3 rings (SSSR count). The Morgan fingerprint density at radius 2 is 2.33 bits per heavy atom. The van der Waals surface area contributed by atoms with E-state index >= 15 is 0 Å². The van der Waals surface area contributed by atoms with E-state index in [9.17, 15) is 4.79 Å². The predicted octanol–water partition coefficient (Wildman–Crippen LogP) is 2.25. The SMILES string of the molecule is O=c1[nH]c(-c2cccs2)nc2c1CSC2. The molecule has 0 atom stereocenters. The van der Waals surface area contributed by atoms with Crippen LogP contribution < -0.4 is 5.56 Å². The van der Waals surface area contributed by atoms with Crippen LogP contribution in [0.4, 0.5) is 0 Å². The first-order valence-electron chi connectivity index (χ1n) is 4.58. The molecule has 2 aromatic heterocycles. The topological polar surface area (TPSA) is 45.8 Å². The highest BCUT2D eigenvalue weighted by Crippen LogP contribution is 2.28. The Morgan fingerprint density at radius 3 is 3.13 bits per heavy atom. The number of aromatic nitrogens is 2. The van der Waals surface area contributed by atoms with Crippen molar-refractivity contribution in [2.24, 2.45) is 0 Å². The molecule has 3 nitrogen and oxygen atoms in total. The van der Waals surface area contributed by atoms with Gasteiger partial charge in [0.1, 0.15) is 0 Å². The third-order valence-corrected chi connectivity index (χ3v) is 4.19. The summed E-state index contributed by atoms with van der Waals surface area (Å²) in [7, 11) is 0.